The average Bonchev–Trinajstić information content (AvgIpc) is 3.14. The first-order valence-electron chi connectivity index (χ1n) is 6.00. The summed E-state index contributed by atoms with van der Waals surface area (Å²) in [7, 11) is 0. The van der Waals surface area contributed by atoms with Crippen LogP contribution < -0.4 is 0 Å². The zero-order valence-corrected chi connectivity index (χ0v) is 11.8. The summed E-state index contributed by atoms with van der Waals surface area (Å²) in [5, 5.41) is 8.96. The Morgan fingerprint density at radius 2 is 1.40 bits per heavy atom. The summed E-state index contributed by atoms with van der Waals surface area (Å²) in [6, 6.07) is 24.6. The molecule has 0 heterocycles. The van der Waals surface area contributed by atoms with Gasteiger partial charge in [-0.25, -0.2) is 0 Å². The fraction of sp³-hybridized carbons (Fsp3) is 0. The van der Waals surface area contributed by atoms with Crippen molar-refractivity contribution in [3.8, 4) is 11.1 Å². The van der Waals surface area contributed by atoms with Gasteiger partial charge in [-0.05, 0) is 0 Å². The fourth-order valence-electron chi connectivity index (χ4n) is 1.80. The van der Waals surface area contributed by atoms with Crippen LogP contribution in [0.15, 0.2) is 78.9 Å². The molecule has 2 nitrogen and oxygen atoms in total. The molecule has 0 fully saturated rings. The van der Waals surface area contributed by atoms with E-state index < -0.39 is 5.97 Å². The number of aromatic carboxylic acids is 1. The molecule has 0 atom stereocenters. The van der Waals surface area contributed by atoms with Crippen LogP contribution >= 0.6 is 0 Å². The van der Waals surface area contributed by atoms with Crippen molar-refractivity contribution in [2.75, 3.05) is 0 Å². The summed E-state index contributed by atoms with van der Waals surface area (Å²) in [6.45, 7) is 0. The summed E-state index contributed by atoms with van der Waals surface area (Å²) in [5.41, 5.74) is 2.06. The molecule has 0 amide bonds. The van der Waals surface area contributed by atoms with Crippen LogP contribution in [0.2, 0.25) is 0 Å². The Kier molecular flexibility index (Phi) is 6.51. The SMILES string of the molecule is O=C(O)c1ccccc1-[c-]1cccc1.[Fe].[cH-]1[cH-][cH-][cH-][cH-]1. The van der Waals surface area contributed by atoms with E-state index in [4.69, 9.17) is 5.11 Å². The van der Waals surface area contributed by atoms with Crippen molar-refractivity contribution in [3.05, 3.63) is 84.4 Å². The van der Waals surface area contributed by atoms with Gasteiger partial charge in [0, 0.05) is 22.6 Å². The predicted molar refractivity (Wildman–Crippen MR) is 76.5 cm³/mol. The van der Waals surface area contributed by atoms with Crippen molar-refractivity contribution in [2.24, 2.45) is 0 Å². The van der Waals surface area contributed by atoms with E-state index >= 15 is 0 Å². The van der Waals surface area contributed by atoms with Crippen molar-refractivity contribution in [1.29, 1.82) is 0 Å². The molecule has 0 aliphatic heterocycles. The monoisotopic (exact) mass is 306 g/mol. The second-order valence-electron chi connectivity index (χ2n) is 3.99. The van der Waals surface area contributed by atoms with Crippen molar-refractivity contribution >= 4 is 5.97 Å². The zero-order valence-electron chi connectivity index (χ0n) is 10.7. The summed E-state index contributed by atoms with van der Waals surface area (Å²) < 4.78 is 0. The van der Waals surface area contributed by atoms with E-state index in [2.05, 4.69) is 0 Å². The molecule has 0 aliphatic rings. The summed E-state index contributed by atoms with van der Waals surface area (Å²) in [6.07, 6.45) is 0. The second-order valence-corrected chi connectivity index (χ2v) is 3.99. The molecule has 3 aromatic carbocycles. The second kappa shape index (κ2) is 8.15. The molecule has 0 unspecified atom stereocenters. The number of benzene rings is 1. The fourth-order valence-corrected chi connectivity index (χ4v) is 1.80. The summed E-state index contributed by atoms with van der Waals surface area (Å²) in [5.74, 6) is -0.887. The van der Waals surface area contributed by atoms with Gasteiger partial charge in [-0.1, -0.05) is 23.8 Å². The molecule has 3 aromatic rings. The van der Waals surface area contributed by atoms with E-state index in [1.165, 1.54) is 0 Å². The molecule has 0 aliphatic carbocycles. The quantitative estimate of drug-likeness (QED) is 0.570. The third-order valence-electron chi connectivity index (χ3n) is 2.69. The first kappa shape index (κ1) is 16.0. The summed E-state index contributed by atoms with van der Waals surface area (Å²) in [4.78, 5) is 10.9. The Balaban J connectivity index is 0.000000283. The third-order valence-corrected chi connectivity index (χ3v) is 2.69. The topological polar surface area (TPSA) is 37.3 Å². The molecular weight excluding hydrogens is 292 g/mol. The van der Waals surface area contributed by atoms with Crippen LogP contribution in [0, 0.1) is 0 Å². The minimum Gasteiger partial charge on any atom is -0.748 e. The molecule has 0 spiro atoms. The van der Waals surface area contributed by atoms with E-state index in [-0.39, 0.29) is 17.1 Å². The van der Waals surface area contributed by atoms with Crippen molar-refractivity contribution in [3.63, 3.8) is 0 Å². The Morgan fingerprint density at radius 3 is 1.90 bits per heavy atom. The van der Waals surface area contributed by atoms with Crippen LogP contribution in [0.4, 0.5) is 0 Å². The number of carboxylic acid groups (broad SMARTS) is 1. The van der Waals surface area contributed by atoms with Crippen LogP contribution in [0.25, 0.3) is 11.1 Å². The molecule has 20 heavy (non-hydrogen) atoms. The molecular formula is C17H14FeO2-6. The van der Waals surface area contributed by atoms with E-state index in [1.54, 1.807) is 12.1 Å². The molecule has 3 heteroatoms. The minimum absolute atomic E-state index is 0. The van der Waals surface area contributed by atoms with Crippen LogP contribution in [0.3, 0.4) is 0 Å². The van der Waals surface area contributed by atoms with Gasteiger partial charge in [0.05, 0.1) is 0 Å². The molecule has 0 aromatic heterocycles. The smallest absolute Gasteiger partial charge is 0.301 e. The van der Waals surface area contributed by atoms with Crippen molar-refractivity contribution < 1.29 is 27.0 Å². The number of carboxylic acids is 1. The zero-order chi connectivity index (χ0) is 13.5. The van der Waals surface area contributed by atoms with E-state index in [0.29, 0.717) is 5.56 Å². The van der Waals surface area contributed by atoms with Gasteiger partial charge in [-0.3, -0.25) is 4.79 Å². The van der Waals surface area contributed by atoms with Gasteiger partial charge in [0.15, 0.2) is 0 Å². The van der Waals surface area contributed by atoms with Crippen LogP contribution in [0.1, 0.15) is 10.4 Å². The molecule has 0 radical (unpaired) electrons. The Labute approximate surface area is 128 Å². The van der Waals surface area contributed by atoms with E-state index in [9.17, 15) is 4.79 Å². The van der Waals surface area contributed by atoms with E-state index in [0.717, 1.165) is 11.1 Å². The molecule has 0 saturated heterocycles. The molecule has 108 valence electrons. The van der Waals surface area contributed by atoms with E-state index in [1.807, 2.05) is 66.7 Å². The third kappa shape index (κ3) is 4.23. The van der Waals surface area contributed by atoms with Gasteiger partial charge in [0.2, 0.25) is 0 Å². The van der Waals surface area contributed by atoms with Crippen molar-refractivity contribution in [1.82, 2.24) is 0 Å². The maximum atomic E-state index is 10.9. The Bertz CT molecular complexity index is 593. The number of hydrogen-bond donors (Lipinski definition) is 1. The molecule has 0 bridgehead atoms. The number of carbonyl (C=O) groups is 1. The average molecular weight is 306 g/mol. The maximum absolute atomic E-state index is 10.9. The van der Waals surface area contributed by atoms with Gasteiger partial charge in [0.25, 0.3) is 0 Å². The van der Waals surface area contributed by atoms with Gasteiger partial charge in [-0.2, -0.15) is 12.1 Å². The van der Waals surface area contributed by atoms with Gasteiger partial charge >= 0.3 is 5.97 Å². The minimum atomic E-state index is -0.887. The van der Waals surface area contributed by atoms with Crippen LogP contribution in [-0.2, 0) is 17.1 Å². The maximum Gasteiger partial charge on any atom is 0.301 e. The Morgan fingerprint density at radius 1 is 0.900 bits per heavy atom. The Hall–Kier alpha value is -2.09. The van der Waals surface area contributed by atoms with Gasteiger partial charge < -0.3 is 35.4 Å². The van der Waals surface area contributed by atoms with Crippen LogP contribution in [-0.4, -0.2) is 11.1 Å². The van der Waals surface area contributed by atoms with Crippen LogP contribution in [0.5, 0.6) is 0 Å². The predicted octanol–water partition coefficient (Wildman–Crippen LogP) is 4.17. The van der Waals surface area contributed by atoms with Crippen molar-refractivity contribution in [2.45, 2.75) is 0 Å². The standard InChI is InChI=1S/C12H9O2.C5H5.Fe/c13-12(14)11-8-4-3-7-10(11)9-5-1-2-6-9;1-2-4-5-3-1;/h1-8H,(H,13,14);1-5H;/q-1;-5;. The van der Waals surface area contributed by atoms with Gasteiger partial charge in [-0.15, -0.1) is 23.8 Å². The molecule has 0 saturated carbocycles. The molecule has 1 N–H and O–H groups in total. The number of hydrogen-bond acceptors (Lipinski definition) is 1. The summed E-state index contributed by atoms with van der Waals surface area (Å²) >= 11 is 0. The first-order valence-corrected chi connectivity index (χ1v) is 6.00. The largest absolute Gasteiger partial charge is 0.748 e. The number of rotatable bonds is 2. The first-order chi connectivity index (χ1) is 9.29. The van der Waals surface area contributed by atoms with Gasteiger partial charge in [0.1, 0.15) is 0 Å². The molecule has 3 rings (SSSR count). The normalized spacial score (nSPS) is 9.00.